The number of carbonyl (C=O) groups is 1. The molecule has 0 saturated heterocycles. The molecule has 0 saturated carbocycles. The molecule has 0 aliphatic rings. The van der Waals surface area contributed by atoms with E-state index in [2.05, 4.69) is 30.2 Å². The van der Waals surface area contributed by atoms with Crippen LogP contribution in [0.5, 0.6) is 0 Å². The Morgan fingerprint density at radius 3 is 2.50 bits per heavy atom. The number of hydrogen-bond acceptors (Lipinski definition) is 6. The molecule has 0 unspecified atom stereocenters. The maximum Gasteiger partial charge on any atom is 0.265 e. The first kappa shape index (κ1) is 17.3. The maximum atomic E-state index is 11.2. The molecule has 9 heteroatoms. The van der Waals surface area contributed by atoms with Gasteiger partial charge in [-0.15, -0.1) is 0 Å². The fourth-order valence-electron chi connectivity index (χ4n) is 2.13. The van der Waals surface area contributed by atoms with Crippen molar-refractivity contribution in [3.05, 3.63) is 72.2 Å². The Bertz CT molecular complexity index is 993. The average Bonchev–Trinajstić information content (AvgIpc) is 3.10. The third kappa shape index (κ3) is 4.31. The molecule has 0 fully saturated rings. The fourth-order valence-corrected chi connectivity index (χ4v) is 2.32. The summed E-state index contributed by atoms with van der Waals surface area (Å²) in [6.07, 6.45) is 6.27. The minimum Gasteiger partial charge on any atom is -0.364 e. The van der Waals surface area contributed by atoms with Gasteiger partial charge in [-0.05, 0) is 30.3 Å². The van der Waals surface area contributed by atoms with Crippen molar-refractivity contribution in [1.82, 2.24) is 24.9 Å². The number of hydrogen-bond donors (Lipinski definition) is 3. The molecule has 4 N–H and O–H groups in total. The zero-order chi connectivity index (χ0) is 18.4. The van der Waals surface area contributed by atoms with E-state index < -0.39 is 5.91 Å². The largest absolute Gasteiger partial charge is 0.364 e. The van der Waals surface area contributed by atoms with Gasteiger partial charge >= 0.3 is 0 Å². The molecule has 0 aliphatic heterocycles. The number of halogens is 1. The standard InChI is InChI=1S/C13H10ClN5O.C4H4N2/c14-7-2-1-3-8(4-7)18-12-9-5-10(11(15)20)19-13(9)17-6-16-12;1-2-5-4-6-3-1/h1-6H,(H2,15,20)(H2,16,17,18,19);1-4H. The van der Waals surface area contributed by atoms with E-state index in [1.54, 1.807) is 36.7 Å². The second-order valence-electron chi connectivity index (χ2n) is 5.07. The second kappa shape index (κ2) is 8.04. The van der Waals surface area contributed by atoms with Crippen LogP contribution in [0.4, 0.5) is 11.5 Å². The van der Waals surface area contributed by atoms with E-state index >= 15 is 0 Å². The highest BCUT2D eigenvalue weighted by Crippen LogP contribution is 2.24. The number of aromatic amines is 1. The van der Waals surface area contributed by atoms with Crippen molar-refractivity contribution < 1.29 is 4.79 Å². The summed E-state index contributed by atoms with van der Waals surface area (Å²) >= 11 is 5.93. The summed E-state index contributed by atoms with van der Waals surface area (Å²) in [5, 5.41) is 4.43. The van der Waals surface area contributed by atoms with Crippen LogP contribution in [0.1, 0.15) is 10.5 Å². The Labute approximate surface area is 153 Å². The lowest BCUT2D eigenvalue weighted by molar-refractivity contribution is 0.0996. The van der Waals surface area contributed by atoms with Crippen molar-refractivity contribution in [2.75, 3.05) is 5.32 Å². The summed E-state index contributed by atoms with van der Waals surface area (Å²) < 4.78 is 0. The summed E-state index contributed by atoms with van der Waals surface area (Å²) in [5.41, 5.74) is 6.86. The van der Waals surface area contributed by atoms with Gasteiger partial charge in [0.15, 0.2) is 0 Å². The molecule has 0 atom stereocenters. The Balaban J connectivity index is 0.000000278. The van der Waals surface area contributed by atoms with Crippen molar-refractivity contribution >= 4 is 40.0 Å². The molecule has 0 bridgehead atoms. The number of primary amides is 1. The van der Waals surface area contributed by atoms with Crippen LogP contribution in [0.2, 0.25) is 5.02 Å². The first-order valence-corrected chi connectivity index (χ1v) is 7.87. The maximum absolute atomic E-state index is 11.2. The molecule has 0 radical (unpaired) electrons. The zero-order valence-electron chi connectivity index (χ0n) is 13.4. The van der Waals surface area contributed by atoms with Gasteiger partial charge in [-0.3, -0.25) is 4.79 Å². The van der Waals surface area contributed by atoms with E-state index in [0.29, 0.717) is 21.9 Å². The van der Waals surface area contributed by atoms with Gasteiger partial charge in [0, 0.05) is 23.1 Å². The van der Waals surface area contributed by atoms with Gasteiger partial charge in [0.2, 0.25) is 0 Å². The van der Waals surface area contributed by atoms with Crippen LogP contribution < -0.4 is 11.1 Å². The van der Waals surface area contributed by atoms with E-state index in [4.69, 9.17) is 17.3 Å². The molecule has 3 aromatic heterocycles. The summed E-state index contributed by atoms with van der Waals surface area (Å²) in [5.74, 6) is 0.0257. The van der Waals surface area contributed by atoms with E-state index in [9.17, 15) is 4.79 Å². The lowest BCUT2D eigenvalue weighted by Crippen LogP contribution is -2.10. The molecule has 4 rings (SSSR count). The van der Waals surface area contributed by atoms with E-state index in [1.165, 1.54) is 12.7 Å². The number of anilines is 2. The molecule has 8 nitrogen and oxygen atoms in total. The van der Waals surface area contributed by atoms with E-state index in [-0.39, 0.29) is 5.69 Å². The Morgan fingerprint density at radius 2 is 1.88 bits per heavy atom. The van der Waals surface area contributed by atoms with Crippen LogP contribution >= 0.6 is 11.6 Å². The fraction of sp³-hybridized carbons (Fsp3) is 0. The molecular weight excluding hydrogens is 354 g/mol. The van der Waals surface area contributed by atoms with Gasteiger partial charge in [0.1, 0.15) is 29.8 Å². The average molecular weight is 368 g/mol. The topological polar surface area (TPSA) is 122 Å². The van der Waals surface area contributed by atoms with Crippen molar-refractivity contribution in [3.63, 3.8) is 0 Å². The van der Waals surface area contributed by atoms with E-state index in [0.717, 1.165) is 5.69 Å². The summed E-state index contributed by atoms with van der Waals surface area (Å²) in [6.45, 7) is 0. The van der Waals surface area contributed by atoms with Crippen LogP contribution in [0.15, 0.2) is 61.4 Å². The number of amides is 1. The zero-order valence-corrected chi connectivity index (χ0v) is 14.2. The van der Waals surface area contributed by atoms with Gasteiger partial charge in [0.25, 0.3) is 5.91 Å². The van der Waals surface area contributed by atoms with Crippen LogP contribution in [-0.2, 0) is 0 Å². The molecule has 0 spiro atoms. The number of aromatic nitrogens is 5. The number of nitrogens with two attached hydrogens (primary N) is 1. The predicted molar refractivity (Wildman–Crippen MR) is 99.2 cm³/mol. The lowest BCUT2D eigenvalue weighted by atomic mass is 10.3. The third-order valence-corrected chi connectivity index (χ3v) is 3.49. The summed E-state index contributed by atoms with van der Waals surface area (Å²) in [6, 6.07) is 10.6. The van der Waals surface area contributed by atoms with Crippen LogP contribution in [0.3, 0.4) is 0 Å². The normalized spacial score (nSPS) is 10.0. The van der Waals surface area contributed by atoms with E-state index in [1.807, 2.05) is 12.1 Å². The monoisotopic (exact) mass is 367 g/mol. The Morgan fingerprint density at radius 1 is 1.08 bits per heavy atom. The van der Waals surface area contributed by atoms with Gasteiger partial charge < -0.3 is 16.0 Å². The predicted octanol–water partition coefficient (Wildman–Crippen LogP) is 2.93. The molecule has 26 heavy (non-hydrogen) atoms. The number of H-pyrrole nitrogens is 1. The second-order valence-corrected chi connectivity index (χ2v) is 5.51. The van der Waals surface area contributed by atoms with Crippen LogP contribution in [-0.4, -0.2) is 30.8 Å². The molecule has 1 aromatic carbocycles. The summed E-state index contributed by atoms with van der Waals surface area (Å²) in [4.78, 5) is 29.6. The third-order valence-electron chi connectivity index (χ3n) is 3.26. The molecule has 130 valence electrons. The highest BCUT2D eigenvalue weighted by molar-refractivity contribution is 6.30. The number of benzene rings is 1. The molecule has 3 heterocycles. The number of nitrogens with one attached hydrogen (secondary N) is 2. The minimum atomic E-state index is -0.545. The highest BCUT2D eigenvalue weighted by atomic mass is 35.5. The molecule has 1 amide bonds. The molecule has 0 aliphatic carbocycles. The minimum absolute atomic E-state index is 0.287. The number of fused-ring (bicyclic) bond motifs is 1. The Kier molecular flexibility index (Phi) is 5.35. The smallest absolute Gasteiger partial charge is 0.265 e. The van der Waals surface area contributed by atoms with Crippen LogP contribution in [0.25, 0.3) is 11.0 Å². The highest BCUT2D eigenvalue weighted by Gasteiger charge is 2.11. The first-order chi connectivity index (χ1) is 12.6. The van der Waals surface area contributed by atoms with Crippen LogP contribution in [0, 0.1) is 0 Å². The first-order valence-electron chi connectivity index (χ1n) is 7.49. The number of nitrogens with zero attached hydrogens (tertiary/aromatic N) is 4. The number of rotatable bonds is 3. The number of carbonyl (C=O) groups excluding carboxylic acids is 1. The molecule has 4 aromatic rings. The van der Waals surface area contributed by atoms with Crippen molar-refractivity contribution in [2.24, 2.45) is 5.73 Å². The van der Waals surface area contributed by atoms with Gasteiger partial charge in [0.05, 0.1) is 5.39 Å². The summed E-state index contributed by atoms with van der Waals surface area (Å²) in [7, 11) is 0. The van der Waals surface area contributed by atoms with Crippen molar-refractivity contribution in [1.29, 1.82) is 0 Å². The quantitative estimate of drug-likeness (QED) is 0.511. The molecular formula is C17H14ClN7O. The van der Waals surface area contributed by atoms with Crippen molar-refractivity contribution in [2.45, 2.75) is 0 Å². The van der Waals surface area contributed by atoms with Gasteiger partial charge in [-0.1, -0.05) is 17.7 Å². The SMILES string of the molecule is NC(=O)c1cc2c(Nc3cccc(Cl)c3)ncnc2[nH]1.c1cncnc1. The Hall–Kier alpha value is -3.52. The lowest BCUT2D eigenvalue weighted by Gasteiger charge is -2.06. The van der Waals surface area contributed by atoms with Gasteiger partial charge in [-0.25, -0.2) is 19.9 Å². The van der Waals surface area contributed by atoms with Gasteiger partial charge in [-0.2, -0.15) is 0 Å². The van der Waals surface area contributed by atoms with Crippen molar-refractivity contribution in [3.8, 4) is 0 Å².